The van der Waals surface area contributed by atoms with Gasteiger partial charge in [0.15, 0.2) is 27.1 Å². The Bertz CT molecular complexity index is 1690. The molecule has 3 aromatic rings. The van der Waals surface area contributed by atoms with Gasteiger partial charge in [-0.25, -0.2) is 33.3 Å². The Balaban J connectivity index is 1.34. The molecule has 10 nitrogen and oxygen atoms in total. The van der Waals surface area contributed by atoms with E-state index in [-0.39, 0.29) is 23.0 Å². The summed E-state index contributed by atoms with van der Waals surface area (Å²) >= 11 is 0. The van der Waals surface area contributed by atoms with Gasteiger partial charge in [-0.05, 0) is 50.0 Å². The maximum Gasteiger partial charge on any atom is 0.294 e. The van der Waals surface area contributed by atoms with Crippen molar-refractivity contribution < 1.29 is 8.42 Å². The van der Waals surface area contributed by atoms with Gasteiger partial charge in [0.1, 0.15) is 11.8 Å². The molecule has 0 spiro atoms. The molecule has 0 bridgehead atoms. The molecule has 0 radical (unpaired) electrons. The molecule has 2 atom stereocenters. The van der Waals surface area contributed by atoms with E-state index in [0.29, 0.717) is 41.9 Å². The number of anilines is 1. The Morgan fingerprint density at radius 1 is 1.10 bits per heavy atom. The molecule has 0 aromatic carbocycles. The molecule has 2 saturated carbocycles. The van der Waals surface area contributed by atoms with Crippen molar-refractivity contribution in [1.29, 1.82) is 0 Å². The smallest absolute Gasteiger partial charge is 0.294 e. The first-order chi connectivity index (χ1) is 19.2. The lowest BCUT2D eigenvalue weighted by Gasteiger charge is -2.26. The first-order valence-electron chi connectivity index (χ1n) is 14.2. The Kier molecular flexibility index (Phi) is 7.02. The number of fused-ring (bicyclic) bond motifs is 1. The van der Waals surface area contributed by atoms with Crippen LogP contribution in [0.4, 0.5) is 5.82 Å². The van der Waals surface area contributed by atoms with Gasteiger partial charge in [-0.3, -0.25) is 9.36 Å². The predicted molar refractivity (Wildman–Crippen MR) is 155 cm³/mol. The van der Waals surface area contributed by atoms with E-state index >= 15 is 0 Å². The number of sulfone groups is 1. The molecule has 11 heteroatoms. The summed E-state index contributed by atoms with van der Waals surface area (Å²) in [5, 5.41) is 2.69. The van der Waals surface area contributed by atoms with E-state index < -0.39 is 15.1 Å². The van der Waals surface area contributed by atoms with Gasteiger partial charge in [-0.2, -0.15) is 0 Å². The topological polar surface area (TPSA) is 133 Å². The molecule has 3 heterocycles. The average molecular weight is 562 g/mol. The van der Waals surface area contributed by atoms with Crippen LogP contribution in [0.3, 0.4) is 0 Å². The normalized spacial score (nSPS) is 21.3. The van der Waals surface area contributed by atoms with Crippen LogP contribution in [-0.2, 0) is 16.4 Å². The van der Waals surface area contributed by atoms with E-state index in [1.54, 1.807) is 30.1 Å². The minimum Gasteiger partial charge on any atom is -0.361 e. The van der Waals surface area contributed by atoms with E-state index in [1.807, 2.05) is 26.0 Å². The second kappa shape index (κ2) is 10.5. The number of hydrogen-bond acceptors (Lipinski definition) is 9. The van der Waals surface area contributed by atoms with Crippen molar-refractivity contribution in [2.24, 2.45) is 11.8 Å². The monoisotopic (exact) mass is 561 g/mol. The highest BCUT2D eigenvalue weighted by Gasteiger charge is 2.31. The summed E-state index contributed by atoms with van der Waals surface area (Å²) in [5.74, 6) is 1.56. The third kappa shape index (κ3) is 5.07. The molecular formula is C29H35N7O3S. The highest BCUT2D eigenvalue weighted by molar-refractivity contribution is 7.92. The third-order valence-electron chi connectivity index (χ3n) is 8.38. The van der Waals surface area contributed by atoms with Crippen molar-refractivity contribution in [3.63, 3.8) is 0 Å². The summed E-state index contributed by atoms with van der Waals surface area (Å²) in [6, 6.07) is 0. The minimum absolute atomic E-state index is 0.109. The molecule has 2 fully saturated rings. The first kappa shape index (κ1) is 26.7. The summed E-state index contributed by atoms with van der Waals surface area (Å²) in [6.07, 6.45) is 14.4. The van der Waals surface area contributed by atoms with Crippen LogP contribution in [-0.4, -0.2) is 55.5 Å². The Morgan fingerprint density at radius 3 is 2.58 bits per heavy atom. The number of rotatable bonds is 9. The number of nitrogens with zero attached hydrogens (tertiary/aromatic N) is 6. The number of allylic oxidation sites excluding steroid dienone is 1. The molecule has 40 heavy (non-hydrogen) atoms. The van der Waals surface area contributed by atoms with E-state index in [1.165, 1.54) is 6.42 Å². The van der Waals surface area contributed by atoms with Gasteiger partial charge in [0, 0.05) is 24.8 Å². The second-order valence-electron chi connectivity index (χ2n) is 11.3. The second-order valence-corrected chi connectivity index (χ2v) is 13.7. The van der Waals surface area contributed by atoms with Crippen LogP contribution >= 0.6 is 0 Å². The van der Waals surface area contributed by atoms with E-state index in [9.17, 15) is 13.2 Å². The Labute approximate surface area is 234 Å². The summed E-state index contributed by atoms with van der Waals surface area (Å²) in [4.78, 5) is 36.9. The quantitative estimate of drug-likeness (QED) is 0.412. The van der Waals surface area contributed by atoms with Crippen molar-refractivity contribution >= 4 is 26.8 Å². The largest absolute Gasteiger partial charge is 0.361 e. The first-order valence-corrected chi connectivity index (χ1v) is 15.9. The fraction of sp³-hybridized carbons (Fsp3) is 0.517. The maximum absolute atomic E-state index is 13.8. The molecule has 3 aromatic heterocycles. The Morgan fingerprint density at radius 2 is 1.90 bits per heavy atom. The lowest BCUT2D eigenvalue weighted by atomic mass is 9.85. The summed E-state index contributed by atoms with van der Waals surface area (Å²) < 4.78 is 26.5. The molecule has 0 saturated heterocycles. The summed E-state index contributed by atoms with van der Waals surface area (Å²) in [6.45, 7) is 6.47. The van der Waals surface area contributed by atoms with Crippen molar-refractivity contribution in [2.45, 2.75) is 70.6 Å². The van der Waals surface area contributed by atoms with Crippen molar-refractivity contribution in [2.75, 3.05) is 17.6 Å². The van der Waals surface area contributed by atoms with Gasteiger partial charge in [0.25, 0.3) is 5.56 Å². The number of nitrogens with one attached hydrogen (secondary N) is 1. The summed E-state index contributed by atoms with van der Waals surface area (Å²) in [5.41, 5.74) is 4.42. The van der Waals surface area contributed by atoms with Gasteiger partial charge in [-0.1, -0.05) is 38.5 Å². The number of aromatic nitrogens is 6. The zero-order chi connectivity index (χ0) is 28.0. The molecule has 0 aliphatic heterocycles. The van der Waals surface area contributed by atoms with E-state index in [0.717, 1.165) is 48.2 Å². The van der Waals surface area contributed by atoms with Crippen LogP contribution in [0.15, 0.2) is 41.1 Å². The molecule has 0 amide bonds. The van der Waals surface area contributed by atoms with Crippen molar-refractivity contribution in [3.8, 4) is 11.4 Å². The molecular weight excluding hydrogens is 526 g/mol. The predicted octanol–water partition coefficient (Wildman–Crippen LogP) is 3.98. The Hall–Kier alpha value is -3.47. The van der Waals surface area contributed by atoms with E-state index in [2.05, 4.69) is 25.3 Å². The average Bonchev–Trinajstić information content (AvgIpc) is 3.76. The van der Waals surface area contributed by atoms with Crippen LogP contribution in [0.25, 0.3) is 22.6 Å². The van der Waals surface area contributed by atoms with E-state index in [4.69, 9.17) is 4.98 Å². The van der Waals surface area contributed by atoms with Gasteiger partial charge < -0.3 is 5.32 Å². The van der Waals surface area contributed by atoms with Crippen LogP contribution in [0.1, 0.15) is 63.3 Å². The van der Waals surface area contributed by atoms with Gasteiger partial charge >= 0.3 is 0 Å². The third-order valence-corrected chi connectivity index (χ3v) is 10.6. The molecule has 3 aliphatic rings. The molecule has 6 rings (SSSR count). The van der Waals surface area contributed by atoms with Crippen LogP contribution in [0, 0.1) is 18.8 Å². The van der Waals surface area contributed by atoms with Crippen molar-refractivity contribution in [1.82, 2.24) is 29.5 Å². The minimum atomic E-state index is -3.18. The van der Waals surface area contributed by atoms with Gasteiger partial charge in [0.05, 0.1) is 28.4 Å². The molecule has 1 N–H and O–H groups in total. The van der Waals surface area contributed by atoms with Crippen molar-refractivity contribution in [3.05, 3.63) is 58.1 Å². The molecule has 3 aliphatic carbocycles. The lowest BCUT2D eigenvalue weighted by Crippen LogP contribution is -2.31. The van der Waals surface area contributed by atoms with Crippen LogP contribution in [0.5, 0.6) is 0 Å². The standard InChI is InChI=1S/C29H35N7O3S/c1-4-40(38,39)23-11-8-20(12-17(23)2)13-30-27-29(37)36(15-19-6-5-7-19)28-22(34-27)14-31-26(35-28)24-18(3)32-16-33-25(24)21-9-10-21/h8,11-12,14,16-17,19,21,23H,4-7,9-10,13,15H2,1-3H3,(H,30,34). The number of aryl methyl sites for hydroxylation is 1. The fourth-order valence-corrected chi connectivity index (χ4v) is 7.07. The van der Waals surface area contributed by atoms with Crippen LogP contribution < -0.4 is 10.9 Å². The van der Waals surface area contributed by atoms with Gasteiger partial charge in [0.2, 0.25) is 0 Å². The zero-order valence-electron chi connectivity index (χ0n) is 23.2. The van der Waals surface area contributed by atoms with Gasteiger partial charge in [-0.15, -0.1) is 0 Å². The molecule has 210 valence electrons. The highest BCUT2D eigenvalue weighted by Crippen LogP contribution is 2.43. The number of hydrogen-bond donors (Lipinski definition) is 1. The highest BCUT2D eigenvalue weighted by atomic mass is 32.2. The fourth-order valence-electron chi connectivity index (χ4n) is 5.63. The lowest BCUT2D eigenvalue weighted by molar-refractivity contribution is 0.276. The maximum atomic E-state index is 13.8. The SMILES string of the molecule is CCS(=O)(=O)C1C=CC(CNc2nc3cnc(-c4c(C)ncnc4C4CC4)nc3n(CC3CCC3)c2=O)=CC1C. The molecule has 2 unspecified atom stereocenters. The zero-order valence-corrected chi connectivity index (χ0v) is 24.0. The van der Waals surface area contributed by atoms with Crippen LogP contribution in [0.2, 0.25) is 0 Å². The summed E-state index contributed by atoms with van der Waals surface area (Å²) in [7, 11) is -3.18.